The second-order valence-corrected chi connectivity index (χ2v) is 8.80. The molecule has 1 fully saturated rings. The lowest BCUT2D eigenvalue weighted by molar-refractivity contribution is -0.121. The van der Waals surface area contributed by atoms with Gasteiger partial charge in [-0.1, -0.05) is 66.1 Å². The lowest BCUT2D eigenvalue weighted by Gasteiger charge is -2.10. The molecule has 144 valence electrons. The van der Waals surface area contributed by atoms with Crippen LogP contribution in [0.3, 0.4) is 0 Å². The Morgan fingerprint density at radius 1 is 1.14 bits per heavy atom. The Bertz CT molecular complexity index is 1220. The van der Waals surface area contributed by atoms with E-state index in [1.54, 1.807) is 30.5 Å². The number of carbonyl (C=O) groups is 1. The highest BCUT2D eigenvalue weighted by Gasteiger charge is 2.31. The van der Waals surface area contributed by atoms with E-state index in [4.69, 9.17) is 12.2 Å². The van der Waals surface area contributed by atoms with E-state index in [0.29, 0.717) is 32.0 Å². The standard InChI is InChI=1S/C21H15N3O2S3/c1-2-11-24-20(26)16(29-21(24)27)13-15-18(28-14-8-4-3-5-9-14)22-17-10-6-7-12-23(17)19(15)25/h2-10,12-13H,1,11H2/b16-13-. The number of pyridine rings is 1. The van der Waals surface area contributed by atoms with Crippen molar-refractivity contribution in [2.45, 2.75) is 9.92 Å². The summed E-state index contributed by atoms with van der Waals surface area (Å²) in [5, 5.41) is 0.543. The van der Waals surface area contributed by atoms with E-state index >= 15 is 0 Å². The molecule has 5 nitrogen and oxygen atoms in total. The highest BCUT2D eigenvalue weighted by Crippen LogP contribution is 2.34. The van der Waals surface area contributed by atoms with Gasteiger partial charge in [-0.15, -0.1) is 6.58 Å². The maximum atomic E-state index is 13.2. The van der Waals surface area contributed by atoms with Crippen LogP contribution in [0.4, 0.5) is 0 Å². The van der Waals surface area contributed by atoms with E-state index < -0.39 is 0 Å². The molecule has 1 aliphatic heterocycles. The summed E-state index contributed by atoms with van der Waals surface area (Å²) in [4.78, 5) is 33.4. The number of nitrogens with zero attached hydrogens (tertiary/aromatic N) is 3. The van der Waals surface area contributed by atoms with Crippen molar-refractivity contribution in [1.29, 1.82) is 0 Å². The average Bonchev–Trinajstić information content (AvgIpc) is 2.99. The van der Waals surface area contributed by atoms with Gasteiger partial charge in [-0.3, -0.25) is 18.9 Å². The molecular weight excluding hydrogens is 422 g/mol. The predicted octanol–water partition coefficient (Wildman–Crippen LogP) is 4.23. The van der Waals surface area contributed by atoms with Crippen molar-refractivity contribution in [2.24, 2.45) is 0 Å². The normalized spacial score (nSPS) is 15.4. The van der Waals surface area contributed by atoms with Crippen LogP contribution in [-0.4, -0.2) is 31.1 Å². The molecule has 1 aliphatic rings. The molecule has 2 aromatic heterocycles. The molecule has 1 saturated heterocycles. The second kappa shape index (κ2) is 8.36. The summed E-state index contributed by atoms with van der Waals surface area (Å²) in [6.07, 6.45) is 4.89. The molecule has 0 radical (unpaired) electrons. The minimum atomic E-state index is -0.233. The summed E-state index contributed by atoms with van der Waals surface area (Å²) < 4.78 is 1.93. The Kier molecular flexibility index (Phi) is 5.66. The molecular formula is C21H15N3O2S3. The second-order valence-electron chi connectivity index (χ2n) is 6.06. The van der Waals surface area contributed by atoms with Gasteiger partial charge in [0.05, 0.1) is 10.5 Å². The summed E-state index contributed by atoms with van der Waals surface area (Å²) >= 11 is 7.87. The number of rotatable bonds is 5. The first-order valence-corrected chi connectivity index (χ1v) is 10.7. The Hall–Kier alpha value is -2.68. The van der Waals surface area contributed by atoms with E-state index in [2.05, 4.69) is 11.6 Å². The largest absolute Gasteiger partial charge is 0.289 e. The van der Waals surface area contributed by atoms with Crippen molar-refractivity contribution >= 4 is 57.7 Å². The quantitative estimate of drug-likeness (QED) is 0.258. The summed E-state index contributed by atoms with van der Waals surface area (Å²) in [5.41, 5.74) is 0.678. The average molecular weight is 438 g/mol. The van der Waals surface area contributed by atoms with Crippen molar-refractivity contribution in [1.82, 2.24) is 14.3 Å². The van der Waals surface area contributed by atoms with Crippen LogP contribution in [0.5, 0.6) is 0 Å². The first kappa shape index (κ1) is 19.6. The maximum absolute atomic E-state index is 13.2. The molecule has 0 N–H and O–H groups in total. The Labute approximate surface area is 181 Å². The number of hydrogen-bond donors (Lipinski definition) is 0. The highest BCUT2D eigenvalue weighted by molar-refractivity contribution is 8.26. The first-order chi connectivity index (χ1) is 14.1. The summed E-state index contributed by atoms with van der Waals surface area (Å²) in [7, 11) is 0. The van der Waals surface area contributed by atoms with Gasteiger partial charge in [0.2, 0.25) is 0 Å². The van der Waals surface area contributed by atoms with Gasteiger partial charge < -0.3 is 0 Å². The van der Waals surface area contributed by atoms with Crippen LogP contribution >= 0.6 is 35.7 Å². The number of thiocarbonyl (C=S) groups is 1. The molecule has 0 atom stereocenters. The van der Waals surface area contributed by atoms with Gasteiger partial charge in [-0.25, -0.2) is 4.98 Å². The monoisotopic (exact) mass is 437 g/mol. The van der Waals surface area contributed by atoms with Crippen LogP contribution in [-0.2, 0) is 4.79 Å². The number of aromatic nitrogens is 2. The molecule has 1 aromatic carbocycles. The molecule has 3 aromatic rings. The van der Waals surface area contributed by atoms with E-state index in [0.717, 1.165) is 4.90 Å². The van der Waals surface area contributed by atoms with Gasteiger partial charge in [0.25, 0.3) is 11.5 Å². The van der Waals surface area contributed by atoms with Crippen molar-refractivity contribution in [3.05, 3.63) is 88.2 Å². The van der Waals surface area contributed by atoms with Crippen LogP contribution in [0.2, 0.25) is 0 Å². The van der Waals surface area contributed by atoms with Crippen LogP contribution in [0.1, 0.15) is 5.56 Å². The minimum Gasteiger partial charge on any atom is -0.289 e. The van der Waals surface area contributed by atoms with Gasteiger partial charge in [0.15, 0.2) is 0 Å². The zero-order valence-electron chi connectivity index (χ0n) is 15.1. The zero-order chi connectivity index (χ0) is 20.4. The molecule has 3 heterocycles. The van der Waals surface area contributed by atoms with Crippen molar-refractivity contribution in [3.8, 4) is 0 Å². The van der Waals surface area contributed by atoms with Gasteiger partial charge in [-0.05, 0) is 30.3 Å². The lowest BCUT2D eigenvalue weighted by atomic mass is 10.2. The predicted molar refractivity (Wildman–Crippen MR) is 122 cm³/mol. The highest BCUT2D eigenvalue weighted by atomic mass is 32.2. The van der Waals surface area contributed by atoms with E-state index in [-0.39, 0.29) is 11.5 Å². The molecule has 1 amide bonds. The number of thioether (sulfide) groups is 1. The molecule has 0 saturated carbocycles. The van der Waals surface area contributed by atoms with Crippen molar-refractivity contribution in [3.63, 3.8) is 0 Å². The van der Waals surface area contributed by atoms with Crippen LogP contribution in [0.15, 0.2) is 87.0 Å². The number of hydrogen-bond acceptors (Lipinski definition) is 6. The van der Waals surface area contributed by atoms with Crippen molar-refractivity contribution < 1.29 is 4.79 Å². The molecule has 0 aliphatic carbocycles. The number of carbonyl (C=O) groups excluding carboxylic acids is 1. The molecule has 0 spiro atoms. The van der Waals surface area contributed by atoms with E-state index in [9.17, 15) is 9.59 Å². The van der Waals surface area contributed by atoms with Gasteiger partial charge >= 0.3 is 0 Å². The Balaban J connectivity index is 1.86. The Morgan fingerprint density at radius 3 is 2.66 bits per heavy atom. The SMILES string of the molecule is C=CCN1C(=O)/C(=C/c2c(Sc3ccccc3)nc3ccccn3c2=O)SC1=S. The van der Waals surface area contributed by atoms with E-state index in [1.165, 1.54) is 32.8 Å². The van der Waals surface area contributed by atoms with Gasteiger partial charge in [-0.2, -0.15) is 0 Å². The molecule has 4 rings (SSSR count). The summed E-state index contributed by atoms with van der Waals surface area (Å²) in [6, 6.07) is 15.1. The zero-order valence-corrected chi connectivity index (χ0v) is 17.6. The van der Waals surface area contributed by atoms with Crippen LogP contribution in [0.25, 0.3) is 11.7 Å². The van der Waals surface area contributed by atoms with Gasteiger partial charge in [0, 0.05) is 17.6 Å². The lowest BCUT2D eigenvalue weighted by Crippen LogP contribution is -2.28. The third kappa shape index (κ3) is 3.91. The fourth-order valence-corrected chi connectivity index (χ4v) is 4.97. The first-order valence-electron chi connectivity index (χ1n) is 8.69. The smallest absolute Gasteiger partial charge is 0.266 e. The molecule has 0 unspecified atom stereocenters. The fraction of sp³-hybridized carbons (Fsp3) is 0.0476. The van der Waals surface area contributed by atoms with Crippen LogP contribution < -0.4 is 5.56 Å². The topological polar surface area (TPSA) is 54.7 Å². The molecule has 29 heavy (non-hydrogen) atoms. The molecule has 8 heteroatoms. The Morgan fingerprint density at radius 2 is 1.90 bits per heavy atom. The van der Waals surface area contributed by atoms with Gasteiger partial charge in [0.1, 0.15) is 15.0 Å². The summed E-state index contributed by atoms with van der Waals surface area (Å²) in [6.45, 7) is 4.00. The maximum Gasteiger partial charge on any atom is 0.266 e. The van der Waals surface area contributed by atoms with Crippen LogP contribution in [0, 0.1) is 0 Å². The third-order valence-electron chi connectivity index (χ3n) is 4.15. The number of amides is 1. The number of fused-ring (bicyclic) bond motifs is 1. The molecule has 0 bridgehead atoms. The number of benzene rings is 1. The van der Waals surface area contributed by atoms with Crippen molar-refractivity contribution in [2.75, 3.05) is 6.54 Å². The van der Waals surface area contributed by atoms with E-state index in [1.807, 2.05) is 36.4 Å². The fourth-order valence-electron chi connectivity index (χ4n) is 2.80. The third-order valence-corrected chi connectivity index (χ3v) is 6.54. The minimum absolute atomic E-state index is 0.229. The summed E-state index contributed by atoms with van der Waals surface area (Å²) in [5.74, 6) is -0.229.